The highest BCUT2D eigenvalue weighted by atomic mass is 32.2. The highest BCUT2D eigenvalue weighted by molar-refractivity contribution is 7.99. The second-order valence-electron chi connectivity index (χ2n) is 7.26. The first-order chi connectivity index (χ1) is 14.4. The van der Waals surface area contributed by atoms with Crippen LogP contribution in [0.25, 0.3) is 0 Å². The van der Waals surface area contributed by atoms with Crippen LogP contribution < -0.4 is 14.8 Å². The third-order valence-corrected chi connectivity index (χ3v) is 8.41. The van der Waals surface area contributed by atoms with Gasteiger partial charge in [-0.25, -0.2) is 8.42 Å². The summed E-state index contributed by atoms with van der Waals surface area (Å²) >= 11 is 1.55. The lowest BCUT2D eigenvalue weighted by molar-refractivity contribution is -0.115. The molecular weight excluding hydrogens is 424 g/mol. The van der Waals surface area contributed by atoms with E-state index in [1.165, 1.54) is 4.31 Å². The van der Waals surface area contributed by atoms with Crippen LogP contribution in [-0.2, 0) is 14.8 Å². The van der Waals surface area contributed by atoms with E-state index in [0.717, 1.165) is 16.2 Å². The number of sulfonamides is 1. The van der Waals surface area contributed by atoms with Crippen molar-refractivity contribution >= 4 is 33.4 Å². The SMILES string of the molecule is COc1ccc(OC)c([C@H]2CCN(S(=O)(=O)c3ccc4c(c3)NC(=O)CCS4)C2)c1. The van der Waals surface area contributed by atoms with Gasteiger partial charge in [0.25, 0.3) is 0 Å². The number of fused-ring (bicyclic) bond motifs is 1. The minimum Gasteiger partial charge on any atom is -0.497 e. The molecule has 30 heavy (non-hydrogen) atoms. The predicted octanol–water partition coefficient (Wildman–Crippen LogP) is 3.32. The Morgan fingerprint density at radius 2 is 1.97 bits per heavy atom. The third kappa shape index (κ3) is 4.01. The van der Waals surface area contributed by atoms with Gasteiger partial charge < -0.3 is 14.8 Å². The molecule has 0 aliphatic carbocycles. The summed E-state index contributed by atoms with van der Waals surface area (Å²) in [6, 6.07) is 10.6. The average Bonchev–Trinajstić information content (AvgIpc) is 3.17. The van der Waals surface area contributed by atoms with Gasteiger partial charge in [0.2, 0.25) is 15.9 Å². The van der Waals surface area contributed by atoms with Crippen molar-refractivity contribution in [2.45, 2.75) is 28.6 Å². The Bertz CT molecular complexity index is 1070. The number of hydrogen-bond acceptors (Lipinski definition) is 6. The van der Waals surface area contributed by atoms with Crippen molar-refractivity contribution in [1.29, 1.82) is 0 Å². The van der Waals surface area contributed by atoms with Crippen LogP contribution >= 0.6 is 11.8 Å². The molecule has 2 aromatic carbocycles. The lowest BCUT2D eigenvalue weighted by atomic mass is 9.97. The predicted molar refractivity (Wildman–Crippen MR) is 116 cm³/mol. The maximum atomic E-state index is 13.3. The van der Waals surface area contributed by atoms with Crippen molar-refractivity contribution < 1.29 is 22.7 Å². The zero-order chi connectivity index (χ0) is 21.3. The normalized spacial score (nSPS) is 19.7. The van der Waals surface area contributed by atoms with Gasteiger partial charge in [-0.15, -0.1) is 11.8 Å². The molecule has 2 aliphatic heterocycles. The number of nitrogens with zero attached hydrogens (tertiary/aromatic N) is 1. The number of ether oxygens (including phenoxy) is 2. The van der Waals surface area contributed by atoms with E-state index in [4.69, 9.17) is 9.47 Å². The molecule has 0 saturated carbocycles. The fourth-order valence-electron chi connectivity index (χ4n) is 3.87. The van der Waals surface area contributed by atoms with Gasteiger partial charge >= 0.3 is 0 Å². The van der Waals surface area contributed by atoms with Gasteiger partial charge in [0.05, 0.1) is 24.8 Å². The number of anilines is 1. The van der Waals surface area contributed by atoms with Gasteiger partial charge in [-0.2, -0.15) is 4.31 Å². The van der Waals surface area contributed by atoms with Crippen molar-refractivity contribution in [1.82, 2.24) is 4.31 Å². The summed E-state index contributed by atoms with van der Waals surface area (Å²) in [4.78, 5) is 13.0. The maximum absolute atomic E-state index is 13.3. The fourth-order valence-corrected chi connectivity index (χ4v) is 6.33. The second-order valence-corrected chi connectivity index (χ2v) is 10.3. The minimum atomic E-state index is -3.68. The quantitative estimate of drug-likeness (QED) is 0.755. The van der Waals surface area contributed by atoms with Gasteiger partial charge in [-0.1, -0.05) is 0 Å². The molecule has 0 spiro atoms. The zero-order valence-corrected chi connectivity index (χ0v) is 18.5. The number of methoxy groups -OCH3 is 2. The number of nitrogens with one attached hydrogen (secondary N) is 1. The number of hydrogen-bond donors (Lipinski definition) is 1. The van der Waals surface area contributed by atoms with E-state index < -0.39 is 10.0 Å². The first kappa shape index (κ1) is 21.0. The number of benzene rings is 2. The van der Waals surface area contributed by atoms with Crippen molar-refractivity contribution in [3.8, 4) is 11.5 Å². The van der Waals surface area contributed by atoms with E-state index >= 15 is 0 Å². The van der Waals surface area contributed by atoms with E-state index in [-0.39, 0.29) is 16.7 Å². The van der Waals surface area contributed by atoms with Crippen LogP contribution in [-0.4, -0.2) is 51.7 Å². The Balaban J connectivity index is 1.59. The molecule has 1 N–H and O–H groups in total. The van der Waals surface area contributed by atoms with Gasteiger partial charge in [-0.05, 0) is 42.8 Å². The molecule has 1 saturated heterocycles. The third-order valence-electron chi connectivity index (χ3n) is 5.48. The first-order valence-electron chi connectivity index (χ1n) is 9.71. The molecule has 0 aromatic heterocycles. The van der Waals surface area contributed by atoms with Crippen molar-refractivity contribution in [3.05, 3.63) is 42.0 Å². The summed E-state index contributed by atoms with van der Waals surface area (Å²) < 4.78 is 38.9. The molecule has 0 radical (unpaired) electrons. The molecule has 7 nitrogen and oxygen atoms in total. The summed E-state index contributed by atoms with van der Waals surface area (Å²) in [6.07, 6.45) is 1.11. The zero-order valence-electron chi connectivity index (χ0n) is 16.9. The number of rotatable bonds is 5. The van der Waals surface area contributed by atoms with Crippen LogP contribution in [0.4, 0.5) is 5.69 Å². The minimum absolute atomic E-state index is 0.0147. The molecule has 2 aromatic rings. The van der Waals surface area contributed by atoms with E-state index in [1.807, 2.05) is 18.2 Å². The molecule has 0 bridgehead atoms. The van der Waals surface area contributed by atoms with Crippen LogP contribution in [0, 0.1) is 0 Å². The largest absolute Gasteiger partial charge is 0.497 e. The van der Waals surface area contributed by atoms with Crippen molar-refractivity contribution in [2.24, 2.45) is 0 Å². The highest BCUT2D eigenvalue weighted by Crippen LogP contribution is 2.39. The number of carbonyl (C=O) groups excluding carboxylic acids is 1. The monoisotopic (exact) mass is 448 g/mol. The molecule has 9 heteroatoms. The molecule has 2 aliphatic rings. The van der Waals surface area contributed by atoms with E-state index in [1.54, 1.807) is 44.2 Å². The Hall–Kier alpha value is -2.23. The first-order valence-corrected chi connectivity index (χ1v) is 12.1. The fraction of sp³-hybridized carbons (Fsp3) is 0.381. The molecule has 1 fully saturated rings. The molecular formula is C21H24N2O5S2. The molecule has 0 unspecified atom stereocenters. The molecule has 2 heterocycles. The Kier molecular flexibility index (Phi) is 5.95. The van der Waals surface area contributed by atoms with Gasteiger partial charge in [0.15, 0.2) is 0 Å². The van der Waals surface area contributed by atoms with Crippen LogP contribution in [0.1, 0.15) is 24.3 Å². The van der Waals surface area contributed by atoms with Crippen molar-refractivity contribution in [3.63, 3.8) is 0 Å². The maximum Gasteiger partial charge on any atom is 0.243 e. The topological polar surface area (TPSA) is 84.9 Å². The van der Waals surface area contributed by atoms with Crippen LogP contribution in [0.3, 0.4) is 0 Å². The van der Waals surface area contributed by atoms with E-state index in [9.17, 15) is 13.2 Å². The highest BCUT2D eigenvalue weighted by Gasteiger charge is 2.35. The summed E-state index contributed by atoms with van der Waals surface area (Å²) in [7, 11) is -0.466. The van der Waals surface area contributed by atoms with Gasteiger partial charge in [0, 0.05) is 41.6 Å². The molecule has 1 atom stereocenters. The average molecular weight is 449 g/mol. The smallest absolute Gasteiger partial charge is 0.243 e. The molecule has 160 valence electrons. The van der Waals surface area contributed by atoms with Crippen molar-refractivity contribution in [2.75, 3.05) is 38.4 Å². The summed E-state index contributed by atoms with van der Waals surface area (Å²) in [5, 5.41) is 2.81. The van der Waals surface area contributed by atoms with Gasteiger partial charge in [0.1, 0.15) is 11.5 Å². The summed E-state index contributed by atoms with van der Waals surface area (Å²) in [6.45, 7) is 0.787. The van der Waals surface area contributed by atoms with Gasteiger partial charge in [-0.3, -0.25) is 4.79 Å². The molecule has 4 rings (SSSR count). The summed E-state index contributed by atoms with van der Waals surface area (Å²) in [5.41, 5.74) is 1.51. The molecule has 1 amide bonds. The number of carbonyl (C=O) groups is 1. The van der Waals surface area contributed by atoms with Crippen LogP contribution in [0.15, 0.2) is 46.2 Å². The lowest BCUT2D eigenvalue weighted by Gasteiger charge is -2.19. The number of thioether (sulfide) groups is 1. The Morgan fingerprint density at radius 3 is 2.73 bits per heavy atom. The van der Waals surface area contributed by atoms with E-state index in [2.05, 4.69) is 5.32 Å². The lowest BCUT2D eigenvalue weighted by Crippen LogP contribution is -2.28. The summed E-state index contributed by atoms with van der Waals surface area (Å²) in [5.74, 6) is 2.04. The standard InChI is InChI=1S/C21H24N2O5S2/c1-27-15-3-5-19(28-2)17(11-15)14-7-9-23(13-14)30(25,26)16-4-6-20-18(12-16)22-21(24)8-10-29-20/h3-6,11-12,14H,7-10,13H2,1-2H3,(H,22,24)/t14-/m0/s1. The Labute approximate surface area is 180 Å². The Morgan fingerprint density at radius 1 is 1.13 bits per heavy atom. The van der Waals surface area contributed by atoms with Crippen LogP contribution in [0.5, 0.6) is 11.5 Å². The number of amides is 1. The second kappa shape index (κ2) is 8.49. The van der Waals surface area contributed by atoms with Crippen LogP contribution in [0.2, 0.25) is 0 Å². The van der Waals surface area contributed by atoms with E-state index in [0.29, 0.717) is 43.1 Å².